The van der Waals surface area contributed by atoms with E-state index in [9.17, 15) is 4.79 Å². The lowest BCUT2D eigenvalue weighted by molar-refractivity contribution is 0.0956. The summed E-state index contributed by atoms with van der Waals surface area (Å²) in [6.07, 6.45) is 3.97. The summed E-state index contributed by atoms with van der Waals surface area (Å²) in [5.41, 5.74) is 7.41. The molecule has 1 aliphatic carbocycles. The molecule has 136 valence electrons. The maximum atomic E-state index is 12.7. The molecule has 0 unspecified atom stereocenters. The average Bonchev–Trinajstić information content (AvgIpc) is 3.52. The first-order chi connectivity index (χ1) is 13.1. The summed E-state index contributed by atoms with van der Waals surface area (Å²) in [5, 5.41) is 5.00. The Morgan fingerprint density at radius 3 is 2.59 bits per heavy atom. The Labute approximate surface area is 159 Å². The fraction of sp³-hybridized carbons (Fsp3) is 0.261. The van der Waals surface area contributed by atoms with Crippen molar-refractivity contribution in [1.82, 2.24) is 10.4 Å². The summed E-state index contributed by atoms with van der Waals surface area (Å²) < 4.78 is 0. The van der Waals surface area contributed by atoms with Gasteiger partial charge in [-0.1, -0.05) is 56.3 Å². The Bertz CT molecular complexity index is 1000. The fourth-order valence-electron chi connectivity index (χ4n) is 3.16. The molecule has 4 heteroatoms. The van der Waals surface area contributed by atoms with Gasteiger partial charge in [0.15, 0.2) is 0 Å². The molecule has 0 bridgehead atoms. The van der Waals surface area contributed by atoms with Crippen molar-refractivity contribution in [3.8, 4) is 0 Å². The largest absolute Gasteiger partial charge is 0.272 e. The smallest absolute Gasteiger partial charge is 0.267 e. The minimum Gasteiger partial charge on any atom is -0.267 e. The number of aromatic nitrogens is 1. The third-order valence-electron chi connectivity index (χ3n) is 4.96. The number of nitrogens with one attached hydrogen (secondary N) is 1. The molecule has 1 fully saturated rings. The third kappa shape index (κ3) is 3.90. The molecule has 4 rings (SSSR count). The van der Waals surface area contributed by atoms with E-state index in [4.69, 9.17) is 4.98 Å². The standard InChI is InChI=1S/C23H23N3O/c1-15(2)17-9-7-16(8-10-17)14-24-26-23(27)20-13-22(18-11-12-18)25-21-6-4-3-5-19(20)21/h3-10,13-15,18H,11-12H2,1-2H3,(H,26,27)/b24-14+. The molecule has 1 heterocycles. The summed E-state index contributed by atoms with van der Waals surface area (Å²) in [4.78, 5) is 17.4. The van der Waals surface area contributed by atoms with Gasteiger partial charge >= 0.3 is 0 Å². The van der Waals surface area contributed by atoms with Crippen molar-refractivity contribution in [2.45, 2.75) is 38.5 Å². The highest BCUT2D eigenvalue weighted by Gasteiger charge is 2.26. The zero-order valence-electron chi connectivity index (χ0n) is 15.6. The number of pyridine rings is 1. The topological polar surface area (TPSA) is 54.4 Å². The van der Waals surface area contributed by atoms with Gasteiger partial charge in [-0.3, -0.25) is 9.78 Å². The van der Waals surface area contributed by atoms with E-state index < -0.39 is 0 Å². The molecule has 4 nitrogen and oxygen atoms in total. The first kappa shape index (κ1) is 17.4. The van der Waals surface area contributed by atoms with Crippen molar-refractivity contribution in [2.75, 3.05) is 0 Å². The minimum absolute atomic E-state index is 0.203. The highest BCUT2D eigenvalue weighted by Crippen LogP contribution is 2.40. The molecule has 27 heavy (non-hydrogen) atoms. The molecular weight excluding hydrogens is 334 g/mol. The van der Waals surface area contributed by atoms with Crippen LogP contribution in [0.3, 0.4) is 0 Å². The molecule has 0 atom stereocenters. The number of hydrazone groups is 1. The van der Waals surface area contributed by atoms with Crippen LogP contribution in [0.1, 0.15) is 65.7 Å². The number of fused-ring (bicyclic) bond motifs is 1. The summed E-state index contributed by atoms with van der Waals surface area (Å²) >= 11 is 0. The van der Waals surface area contributed by atoms with Crippen molar-refractivity contribution < 1.29 is 4.79 Å². The molecule has 1 saturated carbocycles. The van der Waals surface area contributed by atoms with Crippen LogP contribution in [0.4, 0.5) is 0 Å². The quantitative estimate of drug-likeness (QED) is 0.516. The van der Waals surface area contributed by atoms with E-state index in [1.165, 1.54) is 5.56 Å². The van der Waals surface area contributed by atoms with Crippen molar-refractivity contribution in [1.29, 1.82) is 0 Å². The minimum atomic E-state index is -0.203. The number of rotatable bonds is 5. The van der Waals surface area contributed by atoms with Crippen molar-refractivity contribution in [3.63, 3.8) is 0 Å². The van der Waals surface area contributed by atoms with Gasteiger partial charge in [-0.15, -0.1) is 0 Å². The van der Waals surface area contributed by atoms with Crippen LogP contribution in [0.2, 0.25) is 0 Å². The number of nitrogens with zero attached hydrogens (tertiary/aromatic N) is 2. The Morgan fingerprint density at radius 1 is 1.15 bits per heavy atom. The lowest BCUT2D eigenvalue weighted by Crippen LogP contribution is -2.18. The first-order valence-corrected chi connectivity index (χ1v) is 9.45. The van der Waals surface area contributed by atoms with E-state index in [2.05, 4.69) is 36.5 Å². The zero-order valence-corrected chi connectivity index (χ0v) is 15.6. The fourth-order valence-corrected chi connectivity index (χ4v) is 3.16. The summed E-state index contributed by atoms with van der Waals surface area (Å²) in [6, 6.07) is 17.9. The van der Waals surface area contributed by atoms with Crippen LogP contribution in [0.15, 0.2) is 59.7 Å². The van der Waals surface area contributed by atoms with Crippen molar-refractivity contribution in [2.24, 2.45) is 5.10 Å². The van der Waals surface area contributed by atoms with Gasteiger partial charge in [0, 0.05) is 17.0 Å². The molecule has 3 aromatic rings. The first-order valence-electron chi connectivity index (χ1n) is 9.45. The van der Waals surface area contributed by atoms with Crippen molar-refractivity contribution in [3.05, 3.63) is 77.0 Å². The molecule has 1 aliphatic rings. The van der Waals surface area contributed by atoms with Crippen LogP contribution >= 0.6 is 0 Å². The Kier molecular flexibility index (Phi) is 4.71. The Morgan fingerprint density at radius 2 is 1.89 bits per heavy atom. The molecule has 0 saturated heterocycles. The Hall–Kier alpha value is -3.01. The van der Waals surface area contributed by atoms with Crippen LogP contribution in [0.5, 0.6) is 0 Å². The van der Waals surface area contributed by atoms with Gasteiger partial charge in [0.1, 0.15) is 0 Å². The van der Waals surface area contributed by atoms with Crippen molar-refractivity contribution >= 4 is 23.0 Å². The lowest BCUT2D eigenvalue weighted by atomic mass is 10.0. The second kappa shape index (κ2) is 7.31. The second-order valence-corrected chi connectivity index (χ2v) is 7.41. The summed E-state index contributed by atoms with van der Waals surface area (Å²) in [5.74, 6) is 0.783. The van der Waals surface area contributed by atoms with Crippen LogP contribution < -0.4 is 5.43 Å². The monoisotopic (exact) mass is 357 g/mol. The van der Waals surface area contributed by atoms with Gasteiger partial charge < -0.3 is 0 Å². The number of carbonyl (C=O) groups is 1. The molecule has 1 aromatic heterocycles. The normalized spacial score (nSPS) is 14.2. The Balaban J connectivity index is 1.54. The highest BCUT2D eigenvalue weighted by atomic mass is 16.2. The van der Waals surface area contributed by atoms with E-state index in [1.807, 2.05) is 42.5 Å². The lowest BCUT2D eigenvalue weighted by Gasteiger charge is -2.08. The number of amides is 1. The van der Waals surface area contributed by atoms with E-state index in [1.54, 1.807) is 6.21 Å². The molecule has 1 amide bonds. The van der Waals surface area contributed by atoms with Gasteiger partial charge in [-0.25, -0.2) is 5.43 Å². The molecule has 0 radical (unpaired) electrons. The number of para-hydroxylation sites is 1. The number of carbonyl (C=O) groups excluding carboxylic acids is 1. The molecule has 1 N–H and O–H groups in total. The van der Waals surface area contributed by atoms with Gasteiger partial charge in [-0.05, 0) is 42.0 Å². The maximum absolute atomic E-state index is 12.7. The third-order valence-corrected chi connectivity index (χ3v) is 4.96. The van der Waals surface area contributed by atoms with E-state index >= 15 is 0 Å². The van der Waals surface area contributed by atoms with Gasteiger partial charge in [0.25, 0.3) is 5.91 Å². The highest BCUT2D eigenvalue weighted by molar-refractivity contribution is 6.06. The van der Waals surface area contributed by atoms with E-state index in [0.29, 0.717) is 17.4 Å². The van der Waals surface area contributed by atoms with Gasteiger partial charge in [0.05, 0.1) is 17.3 Å². The average molecular weight is 357 g/mol. The van der Waals surface area contributed by atoms with Gasteiger partial charge in [0.2, 0.25) is 0 Å². The number of hydrogen-bond donors (Lipinski definition) is 1. The molecule has 2 aromatic carbocycles. The second-order valence-electron chi connectivity index (χ2n) is 7.41. The van der Waals surface area contributed by atoms with Crippen LogP contribution in [-0.2, 0) is 0 Å². The number of benzene rings is 2. The van der Waals surface area contributed by atoms with E-state index in [-0.39, 0.29) is 5.91 Å². The molecular formula is C23H23N3O. The van der Waals surface area contributed by atoms with Crippen LogP contribution in [0.25, 0.3) is 10.9 Å². The SMILES string of the molecule is CC(C)c1ccc(/C=N/NC(=O)c2cc(C3CC3)nc3ccccc23)cc1. The van der Waals surface area contributed by atoms with Gasteiger partial charge in [-0.2, -0.15) is 5.10 Å². The maximum Gasteiger partial charge on any atom is 0.272 e. The molecule has 0 aliphatic heterocycles. The zero-order chi connectivity index (χ0) is 18.8. The molecule has 0 spiro atoms. The van der Waals surface area contributed by atoms with Crippen LogP contribution in [-0.4, -0.2) is 17.1 Å². The van der Waals surface area contributed by atoms with E-state index in [0.717, 1.165) is 35.0 Å². The summed E-state index contributed by atoms with van der Waals surface area (Å²) in [7, 11) is 0. The van der Waals surface area contributed by atoms with Crippen LogP contribution in [0, 0.1) is 0 Å². The predicted octanol–water partition coefficient (Wildman–Crippen LogP) is 5.00. The number of hydrogen-bond acceptors (Lipinski definition) is 3. The predicted molar refractivity (Wildman–Crippen MR) is 109 cm³/mol. The summed E-state index contributed by atoms with van der Waals surface area (Å²) in [6.45, 7) is 4.33.